The van der Waals surface area contributed by atoms with Crippen LogP contribution in [0.4, 0.5) is 13.2 Å². The van der Waals surface area contributed by atoms with E-state index in [9.17, 15) is 13.2 Å². The summed E-state index contributed by atoms with van der Waals surface area (Å²) in [6, 6.07) is 0. The molecule has 62 valence electrons. The van der Waals surface area contributed by atoms with E-state index in [0.717, 1.165) is 11.3 Å². The van der Waals surface area contributed by atoms with Gasteiger partial charge in [-0.2, -0.15) is 13.2 Å². The van der Waals surface area contributed by atoms with Gasteiger partial charge in [0.1, 0.15) is 0 Å². The van der Waals surface area contributed by atoms with Crippen LogP contribution in [0.2, 0.25) is 0 Å². The first-order valence-corrected chi connectivity index (χ1v) is 4.51. The highest BCUT2D eigenvalue weighted by Crippen LogP contribution is 2.34. The lowest BCUT2D eigenvalue weighted by Crippen LogP contribution is -2.06. The maximum Gasteiger partial charge on any atom is 0.435 e. The molecule has 1 rings (SSSR count). The predicted molar refractivity (Wildman–Crippen MR) is 44.6 cm³/mol. The maximum absolute atomic E-state index is 12.0. The van der Waals surface area contributed by atoms with Crippen molar-refractivity contribution in [2.45, 2.75) is 13.1 Å². The molecule has 0 radical (unpaired) electrons. The van der Waals surface area contributed by atoms with Crippen LogP contribution in [0.25, 0.3) is 0 Å². The minimum absolute atomic E-state index is 0.201. The number of alkyl halides is 3. The Morgan fingerprint density at radius 2 is 2.00 bits per heavy atom. The average molecular weight is 293 g/mol. The lowest BCUT2D eigenvalue weighted by molar-refractivity contribution is -0.141. The zero-order chi connectivity index (χ0) is 8.65. The second-order valence-corrected chi connectivity index (χ2v) is 4.87. The largest absolute Gasteiger partial charge is 0.435 e. The molecular formula is C5H3F3INS. The fraction of sp³-hybridized carbons (Fsp3) is 0.400. The van der Waals surface area contributed by atoms with E-state index in [2.05, 4.69) is 4.98 Å². The smallest absolute Gasteiger partial charge is 0.236 e. The van der Waals surface area contributed by atoms with Crippen molar-refractivity contribution in [3.63, 3.8) is 0 Å². The van der Waals surface area contributed by atoms with Gasteiger partial charge in [0.2, 0.25) is 0 Å². The third-order valence-electron chi connectivity index (χ3n) is 0.961. The molecule has 11 heavy (non-hydrogen) atoms. The summed E-state index contributed by atoms with van der Waals surface area (Å²) in [4.78, 5) is 3.37. The Balaban J connectivity index is 3.13. The summed E-state index contributed by atoms with van der Waals surface area (Å²) in [5.74, 6) is 0. The van der Waals surface area contributed by atoms with Crippen LogP contribution in [0.5, 0.6) is 0 Å². The van der Waals surface area contributed by atoms with Gasteiger partial charge in [-0.3, -0.25) is 0 Å². The van der Waals surface area contributed by atoms with Crippen molar-refractivity contribution in [3.8, 4) is 0 Å². The van der Waals surface area contributed by atoms with E-state index < -0.39 is 11.9 Å². The van der Waals surface area contributed by atoms with Crippen molar-refractivity contribution in [2.24, 2.45) is 0 Å². The minimum atomic E-state index is -4.30. The highest BCUT2D eigenvalue weighted by molar-refractivity contribution is 14.1. The van der Waals surface area contributed by atoms with Crippen molar-refractivity contribution >= 4 is 33.9 Å². The van der Waals surface area contributed by atoms with E-state index in [1.807, 2.05) is 0 Å². The Hall–Kier alpha value is 0.150. The normalized spacial score (nSPS) is 12.1. The van der Waals surface area contributed by atoms with E-state index in [1.54, 1.807) is 29.5 Å². The highest BCUT2D eigenvalue weighted by Gasteiger charge is 2.36. The standard InChI is InChI=1S/C5H3F3INS/c1-2-10-3(4(9)11-2)5(6,7)8/h1H3. The van der Waals surface area contributed by atoms with Crippen LogP contribution in [0.15, 0.2) is 0 Å². The van der Waals surface area contributed by atoms with Crippen LogP contribution in [0.3, 0.4) is 0 Å². The Bertz CT molecular complexity index is 267. The van der Waals surface area contributed by atoms with Gasteiger partial charge in [0, 0.05) is 0 Å². The fourth-order valence-electron chi connectivity index (χ4n) is 0.577. The quantitative estimate of drug-likeness (QED) is 0.670. The zero-order valence-electron chi connectivity index (χ0n) is 5.37. The molecule has 0 spiro atoms. The summed E-state index contributed by atoms with van der Waals surface area (Å²) in [7, 11) is 0. The molecule has 0 aromatic carbocycles. The predicted octanol–water partition coefficient (Wildman–Crippen LogP) is 3.07. The molecule has 0 bridgehead atoms. The summed E-state index contributed by atoms with van der Waals surface area (Å²) in [5.41, 5.74) is -0.763. The molecule has 0 fully saturated rings. The molecule has 1 aromatic rings. The van der Waals surface area contributed by atoms with Gasteiger partial charge >= 0.3 is 6.18 Å². The van der Waals surface area contributed by atoms with Gasteiger partial charge in [0.25, 0.3) is 0 Å². The molecule has 0 atom stereocenters. The van der Waals surface area contributed by atoms with E-state index in [4.69, 9.17) is 0 Å². The molecule has 1 nitrogen and oxygen atoms in total. The summed E-state index contributed by atoms with van der Waals surface area (Å²) < 4.78 is 36.2. The number of aryl methyl sites for hydroxylation is 1. The monoisotopic (exact) mass is 293 g/mol. The summed E-state index contributed by atoms with van der Waals surface area (Å²) in [6.45, 7) is 1.56. The van der Waals surface area contributed by atoms with Crippen molar-refractivity contribution in [3.05, 3.63) is 13.6 Å². The van der Waals surface area contributed by atoms with E-state index in [1.165, 1.54) is 0 Å². The van der Waals surface area contributed by atoms with Crippen molar-refractivity contribution < 1.29 is 13.2 Å². The average Bonchev–Trinajstić information content (AvgIpc) is 2.08. The van der Waals surface area contributed by atoms with Crippen molar-refractivity contribution in [1.29, 1.82) is 0 Å². The summed E-state index contributed by atoms with van der Waals surface area (Å²) in [6.07, 6.45) is -4.30. The van der Waals surface area contributed by atoms with Crippen molar-refractivity contribution in [2.75, 3.05) is 0 Å². The van der Waals surface area contributed by atoms with Crippen LogP contribution in [-0.4, -0.2) is 4.98 Å². The molecule has 0 saturated heterocycles. The second kappa shape index (κ2) is 2.89. The third-order valence-corrected chi connectivity index (χ3v) is 2.89. The molecular weight excluding hydrogens is 290 g/mol. The molecule has 1 heterocycles. The fourth-order valence-corrected chi connectivity index (χ4v) is 2.61. The Kier molecular flexibility index (Phi) is 2.43. The first-order chi connectivity index (χ1) is 4.91. The topological polar surface area (TPSA) is 12.9 Å². The van der Waals surface area contributed by atoms with Crippen LogP contribution >= 0.6 is 33.9 Å². The van der Waals surface area contributed by atoms with Crippen LogP contribution in [0.1, 0.15) is 10.7 Å². The Morgan fingerprint density at radius 3 is 2.18 bits per heavy atom. The molecule has 0 N–H and O–H groups in total. The van der Waals surface area contributed by atoms with Gasteiger partial charge in [0.15, 0.2) is 5.69 Å². The van der Waals surface area contributed by atoms with E-state index in [-0.39, 0.29) is 2.88 Å². The highest BCUT2D eigenvalue weighted by atomic mass is 127. The molecule has 0 unspecified atom stereocenters. The van der Waals surface area contributed by atoms with E-state index >= 15 is 0 Å². The Morgan fingerprint density at radius 1 is 1.45 bits per heavy atom. The van der Waals surface area contributed by atoms with Gasteiger partial charge in [0.05, 0.1) is 7.89 Å². The van der Waals surface area contributed by atoms with Gasteiger partial charge < -0.3 is 0 Å². The number of rotatable bonds is 0. The first kappa shape index (κ1) is 9.24. The molecule has 1 aromatic heterocycles. The molecule has 0 aliphatic rings. The number of hydrogen-bond acceptors (Lipinski definition) is 2. The number of thiazole rings is 1. The van der Waals surface area contributed by atoms with Gasteiger partial charge in [-0.1, -0.05) is 0 Å². The van der Waals surface area contributed by atoms with E-state index in [0.29, 0.717) is 5.01 Å². The zero-order valence-corrected chi connectivity index (χ0v) is 8.34. The second-order valence-electron chi connectivity index (χ2n) is 1.85. The van der Waals surface area contributed by atoms with Crippen LogP contribution in [-0.2, 0) is 6.18 Å². The van der Waals surface area contributed by atoms with Crippen molar-refractivity contribution in [1.82, 2.24) is 4.98 Å². The third kappa shape index (κ3) is 2.05. The number of nitrogens with zero attached hydrogens (tertiary/aromatic N) is 1. The van der Waals surface area contributed by atoms with Gasteiger partial charge in [-0.05, 0) is 29.5 Å². The minimum Gasteiger partial charge on any atom is -0.236 e. The molecule has 0 amide bonds. The van der Waals surface area contributed by atoms with Gasteiger partial charge in [-0.25, -0.2) is 4.98 Å². The maximum atomic E-state index is 12.0. The SMILES string of the molecule is Cc1nc(C(F)(F)F)c(I)s1. The number of halogens is 4. The first-order valence-electron chi connectivity index (χ1n) is 2.61. The lowest BCUT2D eigenvalue weighted by atomic mass is 10.5. The molecule has 0 aliphatic carbocycles. The summed E-state index contributed by atoms with van der Waals surface area (Å²) >= 11 is 2.69. The van der Waals surface area contributed by atoms with Gasteiger partial charge in [-0.15, -0.1) is 11.3 Å². The number of aromatic nitrogens is 1. The van der Waals surface area contributed by atoms with Crippen LogP contribution < -0.4 is 0 Å². The number of hydrogen-bond donors (Lipinski definition) is 0. The Labute approximate surface area is 78.8 Å². The molecule has 0 aliphatic heterocycles. The van der Waals surface area contributed by atoms with Crippen LogP contribution in [0, 0.1) is 9.81 Å². The lowest BCUT2D eigenvalue weighted by Gasteiger charge is -2.00. The summed E-state index contributed by atoms with van der Waals surface area (Å²) in [5, 5.41) is 0.446. The molecule has 6 heteroatoms. The molecule has 0 saturated carbocycles.